The molecule has 2 aromatic carbocycles. The lowest BCUT2D eigenvalue weighted by Gasteiger charge is -2.20. The monoisotopic (exact) mass is 458 g/mol. The minimum atomic E-state index is -3.98. The maximum Gasteiger partial charge on any atom is 0.264 e. The zero-order chi connectivity index (χ0) is 22.8. The van der Waals surface area contributed by atoms with Crippen molar-refractivity contribution in [1.82, 2.24) is 15.3 Å². The predicted molar refractivity (Wildman–Crippen MR) is 126 cm³/mol. The van der Waals surface area contributed by atoms with Gasteiger partial charge in [0.15, 0.2) is 0 Å². The van der Waals surface area contributed by atoms with Crippen molar-refractivity contribution in [2.75, 3.05) is 4.72 Å². The second-order valence-corrected chi connectivity index (χ2v) is 9.71. The molecule has 1 saturated carbocycles. The molecule has 33 heavy (non-hydrogen) atoms. The summed E-state index contributed by atoms with van der Waals surface area (Å²) in [6.45, 7) is 0. The van der Waals surface area contributed by atoms with E-state index in [-0.39, 0.29) is 28.1 Å². The molecule has 2 aromatic heterocycles. The van der Waals surface area contributed by atoms with E-state index in [2.05, 4.69) is 20.0 Å². The second kappa shape index (κ2) is 8.63. The van der Waals surface area contributed by atoms with Crippen LogP contribution in [0, 0.1) is 5.92 Å². The molecular formula is C25H22N4O3S. The average molecular weight is 459 g/mol. The first-order valence-corrected chi connectivity index (χ1v) is 12.2. The molecule has 1 atom stereocenters. The Morgan fingerprint density at radius 1 is 0.939 bits per heavy atom. The van der Waals surface area contributed by atoms with Gasteiger partial charge in [-0.05, 0) is 54.7 Å². The average Bonchev–Trinajstić information content (AvgIpc) is 3.68. The summed E-state index contributed by atoms with van der Waals surface area (Å²) in [4.78, 5) is 21.7. The van der Waals surface area contributed by atoms with Crippen molar-refractivity contribution < 1.29 is 13.2 Å². The number of anilines is 1. The zero-order valence-electron chi connectivity index (χ0n) is 17.7. The Kier molecular flexibility index (Phi) is 5.51. The Hall–Kier alpha value is -3.78. The number of aromatic nitrogens is 2. The number of pyridine rings is 2. The third-order valence-corrected chi connectivity index (χ3v) is 7.12. The van der Waals surface area contributed by atoms with Crippen molar-refractivity contribution in [1.29, 1.82) is 0 Å². The normalized spacial score (nSPS) is 14.5. The van der Waals surface area contributed by atoms with Crippen LogP contribution < -0.4 is 10.0 Å². The smallest absolute Gasteiger partial charge is 0.264 e. The maximum absolute atomic E-state index is 13.3. The molecule has 1 amide bonds. The first-order valence-electron chi connectivity index (χ1n) is 10.7. The van der Waals surface area contributed by atoms with Crippen LogP contribution in [-0.2, 0) is 10.0 Å². The van der Waals surface area contributed by atoms with Gasteiger partial charge in [0.2, 0.25) is 0 Å². The molecule has 0 radical (unpaired) electrons. The van der Waals surface area contributed by atoms with Gasteiger partial charge in [-0.1, -0.05) is 36.4 Å². The Morgan fingerprint density at radius 3 is 2.52 bits per heavy atom. The molecule has 4 aromatic rings. The summed E-state index contributed by atoms with van der Waals surface area (Å²) in [5.74, 6) is 0.00820. The van der Waals surface area contributed by atoms with Crippen molar-refractivity contribution in [3.63, 3.8) is 0 Å². The molecule has 1 aliphatic rings. The molecule has 1 aliphatic carbocycles. The zero-order valence-corrected chi connectivity index (χ0v) is 18.5. The fourth-order valence-electron chi connectivity index (χ4n) is 3.94. The standard InChI is InChI=1S/C25H22N4O3S/c30-25(28-23(18-12-13-18)19-8-4-14-26-16-19)20-9-1-2-10-21(20)29-33(31,32)22-11-3-6-17-7-5-15-27-24(17)22/h1-11,14-16,18,23,29H,12-13H2,(H,28,30). The van der Waals surface area contributed by atoms with E-state index in [1.165, 1.54) is 6.07 Å². The molecule has 2 heterocycles. The quantitative estimate of drug-likeness (QED) is 0.430. The highest BCUT2D eigenvalue weighted by Gasteiger charge is 2.34. The number of fused-ring (bicyclic) bond motifs is 1. The number of carbonyl (C=O) groups is 1. The number of hydrogen-bond acceptors (Lipinski definition) is 5. The highest BCUT2D eigenvalue weighted by atomic mass is 32.2. The third-order valence-electron chi connectivity index (χ3n) is 5.72. The van der Waals surface area contributed by atoms with Gasteiger partial charge in [-0.15, -0.1) is 0 Å². The van der Waals surface area contributed by atoms with Gasteiger partial charge in [0, 0.05) is 24.0 Å². The van der Waals surface area contributed by atoms with Gasteiger partial charge in [0.05, 0.1) is 22.8 Å². The highest BCUT2D eigenvalue weighted by Crippen LogP contribution is 2.41. The van der Waals surface area contributed by atoms with Gasteiger partial charge >= 0.3 is 0 Å². The summed E-state index contributed by atoms with van der Waals surface area (Å²) in [6, 6.07) is 18.8. The number of para-hydroxylation sites is 2. The van der Waals surface area contributed by atoms with E-state index in [1.807, 2.05) is 12.1 Å². The van der Waals surface area contributed by atoms with Crippen LogP contribution in [0.25, 0.3) is 10.9 Å². The minimum Gasteiger partial charge on any atom is -0.345 e. The summed E-state index contributed by atoms with van der Waals surface area (Å²) in [5, 5.41) is 3.80. The lowest BCUT2D eigenvalue weighted by atomic mass is 10.0. The molecule has 1 unspecified atom stereocenters. The fraction of sp³-hybridized carbons (Fsp3) is 0.160. The molecule has 5 rings (SSSR count). The molecule has 1 fully saturated rings. The highest BCUT2D eigenvalue weighted by molar-refractivity contribution is 7.93. The largest absolute Gasteiger partial charge is 0.345 e. The predicted octanol–water partition coefficient (Wildman–Crippen LogP) is 4.31. The first kappa shape index (κ1) is 21.1. The van der Waals surface area contributed by atoms with Crippen molar-refractivity contribution in [2.45, 2.75) is 23.8 Å². The van der Waals surface area contributed by atoms with Gasteiger partial charge in [-0.3, -0.25) is 19.5 Å². The van der Waals surface area contributed by atoms with Crippen LogP contribution in [0.4, 0.5) is 5.69 Å². The number of carbonyl (C=O) groups excluding carboxylic acids is 1. The molecule has 0 aliphatic heterocycles. The van der Waals surface area contributed by atoms with E-state index < -0.39 is 10.0 Å². The molecule has 7 nitrogen and oxygen atoms in total. The van der Waals surface area contributed by atoms with Crippen LogP contribution in [0.1, 0.15) is 34.8 Å². The third kappa shape index (κ3) is 4.42. The van der Waals surface area contributed by atoms with E-state index in [0.717, 1.165) is 23.8 Å². The van der Waals surface area contributed by atoms with Crippen LogP contribution >= 0.6 is 0 Å². The van der Waals surface area contributed by atoms with Gasteiger partial charge in [-0.2, -0.15) is 0 Å². The van der Waals surface area contributed by atoms with Crippen molar-refractivity contribution in [2.24, 2.45) is 5.92 Å². The number of nitrogens with zero attached hydrogens (tertiary/aromatic N) is 2. The van der Waals surface area contributed by atoms with E-state index in [4.69, 9.17) is 0 Å². The lowest BCUT2D eigenvalue weighted by Crippen LogP contribution is -2.31. The van der Waals surface area contributed by atoms with E-state index in [0.29, 0.717) is 11.4 Å². The number of amides is 1. The lowest BCUT2D eigenvalue weighted by molar-refractivity contribution is 0.0932. The summed E-state index contributed by atoms with van der Waals surface area (Å²) < 4.78 is 29.1. The molecule has 2 N–H and O–H groups in total. The summed E-state index contributed by atoms with van der Waals surface area (Å²) in [5.41, 5.74) is 1.78. The summed E-state index contributed by atoms with van der Waals surface area (Å²) in [7, 11) is -3.98. The first-order chi connectivity index (χ1) is 16.0. The number of sulfonamides is 1. The Balaban J connectivity index is 1.45. The number of rotatable bonds is 7. The summed E-state index contributed by atoms with van der Waals surface area (Å²) in [6.07, 6.45) is 7.07. The van der Waals surface area contributed by atoms with E-state index in [1.54, 1.807) is 67.1 Å². The number of benzene rings is 2. The molecule has 0 saturated heterocycles. The van der Waals surface area contributed by atoms with E-state index >= 15 is 0 Å². The van der Waals surface area contributed by atoms with E-state index in [9.17, 15) is 13.2 Å². The van der Waals surface area contributed by atoms with Crippen LogP contribution in [0.15, 0.2) is 90.2 Å². The maximum atomic E-state index is 13.3. The Bertz CT molecular complexity index is 1410. The second-order valence-electron chi connectivity index (χ2n) is 8.06. The van der Waals surface area contributed by atoms with Crippen LogP contribution in [0.3, 0.4) is 0 Å². The molecule has 8 heteroatoms. The minimum absolute atomic E-state index is 0.0574. The topological polar surface area (TPSA) is 101 Å². The number of nitrogens with one attached hydrogen (secondary N) is 2. The van der Waals surface area contributed by atoms with Crippen molar-refractivity contribution in [3.8, 4) is 0 Å². The van der Waals surface area contributed by atoms with Crippen LogP contribution in [0.2, 0.25) is 0 Å². The fourth-order valence-corrected chi connectivity index (χ4v) is 5.21. The Labute approximate surface area is 192 Å². The van der Waals surface area contributed by atoms with Crippen LogP contribution in [-0.4, -0.2) is 24.3 Å². The molecule has 166 valence electrons. The molecule has 0 spiro atoms. The molecular weight excluding hydrogens is 436 g/mol. The van der Waals surface area contributed by atoms with Gasteiger partial charge in [0.1, 0.15) is 4.90 Å². The number of hydrogen-bond donors (Lipinski definition) is 2. The Morgan fingerprint density at radius 2 is 1.73 bits per heavy atom. The van der Waals surface area contributed by atoms with Gasteiger partial charge in [0.25, 0.3) is 15.9 Å². The SMILES string of the molecule is O=C(NC(c1cccnc1)C1CC1)c1ccccc1NS(=O)(=O)c1cccc2cccnc12. The van der Waals surface area contributed by atoms with Gasteiger partial charge in [-0.25, -0.2) is 8.42 Å². The van der Waals surface area contributed by atoms with Crippen molar-refractivity contribution in [3.05, 3.63) is 96.4 Å². The van der Waals surface area contributed by atoms with Gasteiger partial charge < -0.3 is 5.32 Å². The van der Waals surface area contributed by atoms with Crippen molar-refractivity contribution >= 4 is 32.5 Å². The molecule has 0 bridgehead atoms. The van der Waals surface area contributed by atoms with Crippen LogP contribution in [0.5, 0.6) is 0 Å². The summed E-state index contributed by atoms with van der Waals surface area (Å²) >= 11 is 0.